The van der Waals surface area contributed by atoms with Crippen LogP contribution in [0.3, 0.4) is 0 Å². The van der Waals surface area contributed by atoms with Crippen LogP contribution >= 0.6 is 0 Å². The van der Waals surface area contributed by atoms with Crippen LogP contribution in [0.15, 0.2) is 48.5 Å². The Morgan fingerprint density at radius 2 is 1.74 bits per heavy atom. The number of hydrogen-bond acceptors (Lipinski definition) is 6. The first kappa shape index (κ1) is 30.6. The molecule has 0 spiro atoms. The summed E-state index contributed by atoms with van der Waals surface area (Å²) in [5.74, 6) is 0.567. The summed E-state index contributed by atoms with van der Waals surface area (Å²) in [6, 6.07) is 17.2. The van der Waals surface area contributed by atoms with Gasteiger partial charge in [0.25, 0.3) is 5.91 Å². The summed E-state index contributed by atoms with van der Waals surface area (Å²) in [7, 11) is 1.70. The normalized spacial score (nSPS) is 18.9. The van der Waals surface area contributed by atoms with Crippen LogP contribution in [0.5, 0.6) is 5.75 Å². The molecule has 1 aliphatic rings. The lowest BCUT2D eigenvalue weighted by atomic mass is 9.92. The third kappa shape index (κ3) is 8.80. The minimum Gasteiger partial charge on any atom is -0.497 e. The van der Waals surface area contributed by atoms with Crippen molar-refractivity contribution in [3.63, 3.8) is 0 Å². The van der Waals surface area contributed by atoms with E-state index in [1.165, 1.54) is 18.4 Å². The van der Waals surface area contributed by atoms with Gasteiger partial charge < -0.3 is 14.8 Å². The lowest BCUT2D eigenvalue weighted by Gasteiger charge is -2.47. The van der Waals surface area contributed by atoms with Gasteiger partial charge in [-0.15, -0.1) is 0 Å². The number of benzene rings is 2. The molecule has 0 aliphatic carbocycles. The largest absolute Gasteiger partial charge is 0.497 e. The second-order valence-corrected chi connectivity index (χ2v) is 10.6. The van der Waals surface area contributed by atoms with E-state index in [1.807, 2.05) is 18.2 Å². The maximum atomic E-state index is 12.8. The summed E-state index contributed by atoms with van der Waals surface area (Å²) in [6.07, 6.45) is 4.25. The van der Waals surface area contributed by atoms with Gasteiger partial charge in [-0.2, -0.15) is 0 Å². The Morgan fingerprint density at radius 1 is 0.974 bits per heavy atom. The van der Waals surface area contributed by atoms with Gasteiger partial charge in [-0.05, 0) is 82.0 Å². The van der Waals surface area contributed by atoms with Crippen LogP contribution in [0.1, 0.15) is 87.3 Å². The van der Waals surface area contributed by atoms with Crippen molar-refractivity contribution in [1.82, 2.24) is 15.1 Å². The van der Waals surface area contributed by atoms with E-state index in [9.17, 15) is 9.59 Å². The van der Waals surface area contributed by atoms with Crippen molar-refractivity contribution in [2.75, 3.05) is 39.9 Å². The van der Waals surface area contributed by atoms with Crippen molar-refractivity contribution < 1.29 is 19.1 Å². The molecule has 7 nitrogen and oxygen atoms in total. The molecule has 1 saturated heterocycles. The van der Waals surface area contributed by atoms with Crippen LogP contribution < -0.4 is 10.1 Å². The predicted molar refractivity (Wildman–Crippen MR) is 156 cm³/mol. The molecule has 0 bridgehead atoms. The Morgan fingerprint density at radius 3 is 2.44 bits per heavy atom. The van der Waals surface area contributed by atoms with Crippen LogP contribution in [0.2, 0.25) is 0 Å². The molecule has 1 heterocycles. The maximum Gasteiger partial charge on any atom is 0.305 e. The molecule has 2 aromatic rings. The molecule has 2 unspecified atom stereocenters. The third-order valence-electron chi connectivity index (χ3n) is 7.59. The highest BCUT2D eigenvalue weighted by atomic mass is 16.5. The molecule has 3 atom stereocenters. The number of nitrogens with one attached hydrogen (secondary N) is 1. The van der Waals surface area contributed by atoms with Gasteiger partial charge in [-0.25, -0.2) is 0 Å². The number of unbranched alkanes of at least 4 members (excludes halogenated alkanes) is 2. The number of carbonyl (C=O) groups excluding carboxylic acids is 2. The third-order valence-corrected chi connectivity index (χ3v) is 7.59. The van der Waals surface area contributed by atoms with Crippen LogP contribution in [0, 0.1) is 0 Å². The molecule has 1 N–H and O–H groups in total. The number of hydrogen-bond donors (Lipinski definition) is 1. The summed E-state index contributed by atoms with van der Waals surface area (Å²) in [4.78, 5) is 29.5. The number of nitrogens with zero attached hydrogens (tertiary/aromatic N) is 2. The average molecular weight is 538 g/mol. The van der Waals surface area contributed by atoms with Gasteiger partial charge in [0.05, 0.1) is 19.8 Å². The van der Waals surface area contributed by atoms with Crippen LogP contribution in [-0.2, 0) is 9.53 Å². The van der Waals surface area contributed by atoms with Gasteiger partial charge in [0.15, 0.2) is 0 Å². The molecule has 1 amide bonds. The van der Waals surface area contributed by atoms with Crippen LogP contribution in [-0.4, -0.2) is 73.7 Å². The zero-order valence-electron chi connectivity index (χ0n) is 24.4. The monoisotopic (exact) mass is 537 g/mol. The number of piperazine rings is 1. The summed E-state index contributed by atoms with van der Waals surface area (Å²) in [5.41, 5.74) is 2.99. The second-order valence-electron chi connectivity index (χ2n) is 10.6. The maximum absolute atomic E-state index is 12.8. The van der Waals surface area contributed by atoms with E-state index in [0.717, 1.165) is 37.4 Å². The molecule has 0 radical (unpaired) electrons. The number of esters is 1. The van der Waals surface area contributed by atoms with E-state index >= 15 is 0 Å². The number of ether oxygens (including phenoxy) is 2. The van der Waals surface area contributed by atoms with Crippen molar-refractivity contribution in [3.05, 3.63) is 65.2 Å². The topological polar surface area (TPSA) is 71.1 Å². The summed E-state index contributed by atoms with van der Waals surface area (Å²) in [5, 5.41) is 2.97. The minimum absolute atomic E-state index is 0.0610. The lowest BCUT2D eigenvalue weighted by molar-refractivity contribution is -0.143. The molecule has 1 fully saturated rings. The summed E-state index contributed by atoms with van der Waals surface area (Å²) >= 11 is 0. The molecule has 3 rings (SSSR count). The molecule has 7 heteroatoms. The fourth-order valence-electron chi connectivity index (χ4n) is 5.39. The first-order chi connectivity index (χ1) is 18.9. The molecule has 0 saturated carbocycles. The van der Waals surface area contributed by atoms with Gasteiger partial charge in [0.2, 0.25) is 0 Å². The molecular formula is C32H47N3O4. The first-order valence-corrected chi connectivity index (χ1v) is 14.5. The predicted octanol–water partition coefficient (Wildman–Crippen LogP) is 5.44. The van der Waals surface area contributed by atoms with Crippen LogP contribution in [0.25, 0.3) is 0 Å². The van der Waals surface area contributed by atoms with Gasteiger partial charge in [-0.3, -0.25) is 19.4 Å². The lowest BCUT2D eigenvalue weighted by Crippen LogP contribution is -2.57. The Bertz CT molecular complexity index is 1040. The van der Waals surface area contributed by atoms with E-state index in [2.05, 4.69) is 66.2 Å². The highest BCUT2D eigenvalue weighted by Crippen LogP contribution is 2.35. The van der Waals surface area contributed by atoms with Crippen molar-refractivity contribution in [2.45, 2.75) is 77.9 Å². The smallest absolute Gasteiger partial charge is 0.305 e. The van der Waals surface area contributed by atoms with Gasteiger partial charge in [0.1, 0.15) is 5.75 Å². The zero-order valence-corrected chi connectivity index (χ0v) is 24.4. The Balaban J connectivity index is 1.73. The summed E-state index contributed by atoms with van der Waals surface area (Å²) < 4.78 is 10.5. The Labute approximate surface area is 234 Å². The van der Waals surface area contributed by atoms with Crippen molar-refractivity contribution in [3.8, 4) is 5.75 Å². The number of amides is 1. The molecule has 39 heavy (non-hydrogen) atoms. The zero-order chi connectivity index (χ0) is 28.2. The number of methoxy groups -OCH3 is 1. The average Bonchev–Trinajstić information content (AvgIpc) is 2.94. The van der Waals surface area contributed by atoms with E-state index in [0.29, 0.717) is 43.6 Å². The van der Waals surface area contributed by atoms with E-state index in [-0.39, 0.29) is 17.9 Å². The minimum atomic E-state index is -0.184. The molecular weight excluding hydrogens is 490 g/mol. The van der Waals surface area contributed by atoms with Crippen LogP contribution in [0.4, 0.5) is 0 Å². The quantitative estimate of drug-likeness (QED) is 0.256. The molecule has 0 aromatic heterocycles. The van der Waals surface area contributed by atoms with E-state index in [4.69, 9.17) is 9.47 Å². The highest BCUT2D eigenvalue weighted by molar-refractivity contribution is 5.94. The Kier molecular flexibility index (Phi) is 12.3. The fraction of sp³-hybridized carbons (Fsp3) is 0.562. The van der Waals surface area contributed by atoms with E-state index in [1.54, 1.807) is 14.0 Å². The fourth-order valence-corrected chi connectivity index (χ4v) is 5.39. The number of carbonyl (C=O) groups is 2. The van der Waals surface area contributed by atoms with Crippen molar-refractivity contribution in [1.29, 1.82) is 0 Å². The second kappa shape index (κ2) is 15.6. The van der Waals surface area contributed by atoms with Crippen molar-refractivity contribution >= 4 is 11.9 Å². The Hall–Kier alpha value is -2.90. The molecule has 2 aromatic carbocycles. The standard InChI is InChI=1S/C32H47N3O4/c1-6-8-20-34-22-25(4)35(23-24(34)3)31(28-12-11-13-29(21-28)38-5)26-15-17-27(18-16-26)32(37)33-19-10-9-14-30(36)39-7-2/h11-13,15-18,21,24-25,31H,6-10,14,19-20,22-23H2,1-5H3,(H,33,37)/t24?,25-,31?/m1/s1. The first-order valence-electron chi connectivity index (χ1n) is 14.5. The number of rotatable bonds is 14. The van der Waals surface area contributed by atoms with Gasteiger partial charge in [0, 0.05) is 43.7 Å². The molecule has 1 aliphatic heterocycles. The SMILES string of the molecule is CCCCN1C[C@@H](C)N(C(c2ccc(C(=O)NCCCCC(=O)OCC)cc2)c2cccc(OC)c2)CC1C. The highest BCUT2D eigenvalue weighted by Gasteiger charge is 2.34. The van der Waals surface area contributed by atoms with E-state index < -0.39 is 0 Å². The van der Waals surface area contributed by atoms with Gasteiger partial charge >= 0.3 is 5.97 Å². The van der Waals surface area contributed by atoms with Crippen molar-refractivity contribution in [2.24, 2.45) is 0 Å². The summed E-state index contributed by atoms with van der Waals surface area (Å²) in [6.45, 7) is 12.8. The van der Waals surface area contributed by atoms with Gasteiger partial charge in [-0.1, -0.05) is 37.6 Å². The molecule has 214 valence electrons.